The van der Waals surface area contributed by atoms with E-state index in [0.29, 0.717) is 35.6 Å². The lowest BCUT2D eigenvalue weighted by Crippen LogP contribution is -2.17. The van der Waals surface area contributed by atoms with Gasteiger partial charge in [-0.05, 0) is 107 Å². The van der Waals surface area contributed by atoms with Crippen LogP contribution in [0.5, 0.6) is 17.2 Å². The Morgan fingerprint density at radius 2 is 1.76 bits per heavy atom. The van der Waals surface area contributed by atoms with Crippen LogP contribution >= 0.6 is 0 Å². The highest BCUT2D eigenvalue weighted by molar-refractivity contribution is 6.04. The van der Waals surface area contributed by atoms with E-state index in [2.05, 4.69) is 54.9 Å². The first-order valence-electron chi connectivity index (χ1n) is 13.0. The van der Waals surface area contributed by atoms with Crippen molar-refractivity contribution >= 4 is 28.5 Å². The smallest absolute Gasteiger partial charge is 0.311 e. The van der Waals surface area contributed by atoms with E-state index >= 15 is 0 Å². The topological polar surface area (TPSA) is 72.8 Å². The zero-order valence-corrected chi connectivity index (χ0v) is 22.3. The fourth-order valence-corrected chi connectivity index (χ4v) is 4.88. The number of anilines is 1. The van der Waals surface area contributed by atoms with Gasteiger partial charge in [-0.15, -0.1) is 0 Å². The highest BCUT2D eigenvalue weighted by Gasteiger charge is 2.18. The number of aryl methyl sites for hydroxylation is 3. The van der Waals surface area contributed by atoms with Crippen molar-refractivity contribution in [1.29, 1.82) is 0 Å². The lowest BCUT2D eigenvalue weighted by atomic mass is 10.1. The number of amides is 1. The van der Waals surface area contributed by atoms with Crippen LogP contribution in [0.3, 0.4) is 0 Å². The Morgan fingerprint density at radius 1 is 1.00 bits per heavy atom. The number of hydrogen-bond donors (Lipinski definition) is 1. The molecule has 0 bridgehead atoms. The first-order valence-corrected chi connectivity index (χ1v) is 13.0. The fraction of sp³-hybridized carbons (Fsp3) is 0.290. The molecule has 1 aliphatic rings. The summed E-state index contributed by atoms with van der Waals surface area (Å²) in [5.41, 5.74) is 5.81. The van der Waals surface area contributed by atoms with E-state index < -0.39 is 0 Å². The van der Waals surface area contributed by atoms with Crippen LogP contribution in [0, 0.1) is 13.8 Å². The molecule has 38 heavy (non-hydrogen) atoms. The van der Waals surface area contributed by atoms with Gasteiger partial charge in [-0.2, -0.15) is 0 Å². The van der Waals surface area contributed by atoms with E-state index in [1.807, 2.05) is 18.2 Å². The average Bonchev–Trinajstić information content (AvgIpc) is 3.13. The Hall–Kier alpha value is -4.10. The minimum atomic E-state index is -0.251. The monoisotopic (exact) mass is 511 g/mol. The standard InChI is InChI=1S/C31H33N3O4/c1-20-21(2)34(17-5-16-33(3)4)28-14-13-26(19-27(20)28)37-25-11-7-23(8-12-25)31(36)32-24-10-6-22-9-15-30(35)38-29(22)18-24/h6-8,10-14,18-19H,5,9,15-17H2,1-4H3,(H,32,36). The Balaban J connectivity index is 1.26. The second-order valence-corrected chi connectivity index (χ2v) is 10.1. The summed E-state index contributed by atoms with van der Waals surface area (Å²) in [5, 5.41) is 4.06. The normalized spacial score (nSPS) is 12.9. The summed E-state index contributed by atoms with van der Waals surface area (Å²) in [4.78, 5) is 26.6. The van der Waals surface area contributed by atoms with E-state index in [0.717, 1.165) is 30.8 Å². The number of nitrogens with one attached hydrogen (secondary N) is 1. The summed E-state index contributed by atoms with van der Waals surface area (Å²) in [6.45, 7) is 6.36. The van der Waals surface area contributed by atoms with Crippen LogP contribution in [0.15, 0.2) is 60.7 Å². The Bertz CT molecular complexity index is 1500. The first kappa shape index (κ1) is 25.5. The Morgan fingerprint density at radius 3 is 2.53 bits per heavy atom. The van der Waals surface area contributed by atoms with Crippen molar-refractivity contribution in [3.05, 3.63) is 83.0 Å². The SMILES string of the molecule is Cc1c(C)n(CCCN(C)C)c2ccc(Oc3ccc(C(=O)Nc4ccc5c(c4)OC(=O)CC5)cc3)cc12. The van der Waals surface area contributed by atoms with Crippen molar-refractivity contribution in [1.82, 2.24) is 9.47 Å². The predicted octanol–water partition coefficient (Wildman–Crippen LogP) is 6.11. The minimum Gasteiger partial charge on any atom is -0.457 e. The molecule has 0 fully saturated rings. The van der Waals surface area contributed by atoms with Gasteiger partial charge >= 0.3 is 5.97 Å². The van der Waals surface area contributed by atoms with Crippen LogP contribution in [0.2, 0.25) is 0 Å². The van der Waals surface area contributed by atoms with Crippen LogP contribution in [-0.4, -0.2) is 42.0 Å². The molecule has 0 radical (unpaired) electrons. The molecular weight excluding hydrogens is 478 g/mol. The number of nitrogens with zero attached hydrogens (tertiary/aromatic N) is 2. The average molecular weight is 512 g/mol. The third-order valence-corrected chi connectivity index (χ3v) is 7.10. The molecule has 0 saturated carbocycles. The number of hydrogen-bond acceptors (Lipinski definition) is 5. The minimum absolute atomic E-state index is 0.248. The second kappa shape index (κ2) is 10.7. The maximum Gasteiger partial charge on any atom is 0.311 e. The second-order valence-electron chi connectivity index (χ2n) is 10.1. The van der Waals surface area contributed by atoms with E-state index in [4.69, 9.17) is 9.47 Å². The fourth-order valence-electron chi connectivity index (χ4n) is 4.88. The van der Waals surface area contributed by atoms with Crippen LogP contribution in [0.25, 0.3) is 10.9 Å². The van der Waals surface area contributed by atoms with Crippen molar-refractivity contribution in [2.75, 3.05) is 26.0 Å². The highest BCUT2D eigenvalue weighted by Crippen LogP contribution is 2.32. The summed E-state index contributed by atoms with van der Waals surface area (Å²) in [6, 6.07) is 18.6. The molecule has 3 aromatic carbocycles. The summed E-state index contributed by atoms with van der Waals surface area (Å²) in [7, 11) is 4.20. The Kier molecular flexibility index (Phi) is 7.20. The molecule has 0 saturated heterocycles. The summed E-state index contributed by atoms with van der Waals surface area (Å²) < 4.78 is 13.8. The van der Waals surface area contributed by atoms with Gasteiger partial charge in [0, 0.05) is 40.5 Å². The largest absolute Gasteiger partial charge is 0.457 e. The molecule has 0 spiro atoms. The summed E-state index contributed by atoms with van der Waals surface area (Å²) in [6.07, 6.45) is 2.12. The van der Waals surface area contributed by atoms with Gasteiger partial charge in [-0.3, -0.25) is 9.59 Å². The first-order chi connectivity index (χ1) is 18.3. The Labute approximate surface area is 223 Å². The van der Waals surface area contributed by atoms with Crippen molar-refractivity contribution < 1.29 is 19.1 Å². The number of fused-ring (bicyclic) bond motifs is 2. The molecule has 2 heterocycles. The zero-order chi connectivity index (χ0) is 26.8. The van der Waals surface area contributed by atoms with Crippen molar-refractivity contribution in [3.8, 4) is 17.2 Å². The number of rotatable bonds is 8. The van der Waals surface area contributed by atoms with Gasteiger partial charge in [0.2, 0.25) is 0 Å². The van der Waals surface area contributed by atoms with Crippen molar-refractivity contribution in [2.45, 2.75) is 39.7 Å². The molecular formula is C31H33N3O4. The lowest BCUT2D eigenvalue weighted by Gasteiger charge is -2.16. The quantitative estimate of drug-likeness (QED) is 0.228. The molecule has 196 valence electrons. The number of carbonyl (C=O) groups is 2. The van der Waals surface area contributed by atoms with Gasteiger partial charge in [0.05, 0.1) is 6.42 Å². The van der Waals surface area contributed by atoms with E-state index in [9.17, 15) is 9.59 Å². The molecule has 0 unspecified atom stereocenters. The maximum absolute atomic E-state index is 12.8. The van der Waals surface area contributed by atoms with Gasteiger partial charge < -0.3 is 24.3 Å². The van der Waals surface area contributed by atoms with Crippen molar-refractivity contribution in [3.63, 3.8) is 0 Å². The molecule has 5 rings (SSSR count). The van der Waals surface area contributed by atoms with Crippen LogP contribution in [0.1, 0.15) is 40.0 Å². The van der Waals surface area contributed by atoms with Crippen LogP contribution in [-0.2, 0) is 17.8 Å². The van der Waals surface area contributed by atoms with Gasteiger partial charge in [0.15, 0.2) is 0 Å². The van der Waals surface area contributed by atoms with Crippen molar-refractivity contribution in [2.24, 2.45) is 0 Å². The molecule has 1 N–H and O–H groups in total. The molecule has 1 aliphatic heterocycles. The number of esters is 1. The molecule has 0 atom stereocenters. The van der Waals surface area contributed by atoms with Crippen LogP contribution in [0.4, 0.5) is 5.69 Å². The maximum atomic E-state index is 12.8. The number of carbonyl (C=O) groups excluding carboxylic acids is 2. The number of benzene rings is 3. The zero-order valence-electron chi connectivity index (χ0n) is 22.3. The lowest BCUT2D eigenvalue weighted by molar-refractivity contribution is -0.135. The molecule has 0 aliphatic carbocycles. The van der Waals surface area contributed by atoms with Gasteiger partial charge in [-0.25, -0.2) is 0 Å². The van der Waals surface area contributed by atoms with Gasteiger partial charge in [-0.1, -0.05) is 6.07 Å². The molecule has 4 aromatic rings. The number of ether oxygens (including phenoxy) is 2. The van der Waals surface area contributed by atoms with Crippen LogP contribution < -0.4 is 14.8 Å². The summed E-state index contributed by atoms with van der Waals surface area (Å²) >= 11 is 0. The van der Waals surface area contributed by atoms with Gasteiger partial charge in [0.25, 0.3) is 5.91 Å². The molecule has 1 amide bonds. The van der Waals surface area contributed by atoms with E-state index in [1.54, 1.807) is 30.3 Å². The molecule has 1 aromatic heterocycles. The molecule has 7 heteroatoms. The number of aromatic nitrogens is 1. The van der Waals surface area contributed by atoms with E-state index in [-0.39, 0.29) is 11.9 Å². The molecule has 7 nitrogen and oxygen atoms in total. The predicted molar refractivity (Wildman–Crippen MR) is 149 cm³/mol. The van der Waals surface area contributed by atoms with E-state index in [1.165, 1.54) is 22.2 Å². The third-order valence-electron chi connectivity index (χ3n) is 7.10. The van der Waals surface area contributed by atoms with Gasteiger partial charge in [0.1, 0.15) is 17.2 Å². The third kappa shape index (κ3) is 5.43. The summed E-state index contributed by atoms with van der Waals surface area (Å²) in [5.74, 6) is 1.42. The highest BCUT2D eigenvalue weighted by atomic mass is 16.5.